The number of hydrogen-bond acceptors (Lipinski definition) is 4. The Morgan fingerprint density at radius 2 is 1.76 bits per heavy atom. The summed E-state index contributed by atoms with van der Waals surface area (Å²) < 4.78 is 19.7. The number of aryl methyl sites for hydroxylation is 1. The van der Waals surface area contributed by atoms with Crippen molar-refractivity contribution >= 4 is 34.7 Å². The second-order valence-corrected chi connectivity index (χ2v) is 9.61. The van der Waals surface area contributed by atoms with Gasteiger partial charge in [0.15, 0.2) is 0 Å². The van der Waals surface area contributed by atoms with Crippen molar-refractivity contribution in [2.75, 3.05) is 11.5 Å². The molecule has 0 aliphatic carbocycles. The van der Waals surface area contributed by atoms with Gasteiger partial charge in [-0.15, -0.1) is 0 Å². The van der Waals surface area contributed by atoms with Crippen LogP contribution in [0.3, 0.4) is 0 Å². The first kappa shape index (κ1) is 26.4. The summed E-state index contributed by atoms with van der Waals surface area (Å²) >= 11 is 6.02. The monoisotopic (exact) mass is 521 g/mol. The Hall–Kier alpha value is -3.64. The number of aliphatic hydroxyl groups is 1. The molecule has 0 radical (unpaired) electrons. The second-order valence-electron chi connectivity index (χ2n) is 9.20. The molecule has 0 saturated carbocycles. The minimum Gasteiger partial charge on any atom is -0.507 e. The van der Waals surface area contributed by atoms with E-state index in [1.165, 1.54) is 17.0 Å². The van der Waals surface area contributed by atoms with Crippen LogP contribution in [0.2, 0.25) is 5.02 Å². The third-order valence-corrected chi connectivity index (χ3v) is 6.82. The van der Waals surface area contributed by atoms with Crippen LogP contribution in [0, 0.1) is 5.82 Å². The van der Waals surface area contributed by atoms with Crippen molar-refractivity contribution in [3.63, 3.8) is 0 Å². The molecule has 1 atom stereocenters. The number of aliphatic hydroxyl groups excluding tert-OH is 1. The molecule has 3 aromatic carbocycles. The third-order valence-electron chi connectivity index (χ3n) is 6.53. The Bertz CT molecular complexity index is 1380. The zero-order chi connectivity index (χ0) is 26.9. The Labute approximate surface area is 221 Å². The average molecular weight is 522 g/mol. The normalized spacial score (nSPS) is 17.1. The van der Waals surface area contributed by atoms with Gasteiger partial charge in [-0.1, -0.05) is 56.6 Å². The standard InChI is InChI=1S/C30H29ClFNO4/c1-5-18-7-9-19(10-8-18)27-26(28(34)20-11-14-25(37-6-2)22(15-20)17(3)4)29(35)30(36)33(27)21-12-13-24(32)23(31)16-21/h7-17,27,34H,5-6H2,1-4H3/b28-26-. The highest BCUT2D eigenvalue weighted by molar-refractivity contribution is 6.51. The third kappa shape index (κ3) is 4.98. The molecule has 0 aromatic heterocycles. The van der Waals surface area contributed by atoms with Crippen LogP contribution in [0.1, 0.15) is 61.9 Å². The van der Waals surface area contributed by atoms with Crippen LogP contribution in [0.5, 0.6) is 5.75 Å². The number of Topliss-reactive ketones (excluding diaryl/α,β-unsaturated/α-hetero) is 1. The summed E-state index contributed by atoms with van der Waals surface area (Å²) in [6.07, 6.45) is 0.818. The summed E-state index contributed by atoms with van der Waals surface area (Å²) in [6, 6.07) is 15.6. The lowest BCUT2D eigenvalue weighted by atomic mass is 9.92. The van der Waals surface area contributed by atoms with Gasteiger partial charge in [0.05, 0.1) is 23.2 Å². The van der Waals surface area contributed by atoms with Gasteiger partial charge in [0.2, 0.25) is 0 Å². The number of rotatable bonds is 7. The summed E-state index contributed by atoms with van der Waals surface area (Å²) in [5.74, 6) is -1.80. The highest BCUT2D eigenvalue weighted by atomic mass is 35.5. The Balaban J connectivity index is 1.93. The quantitative estimate of drug-likeness (QED) is 0.203. The molecule has 1 N–H and O–H groups in total. The summed E-state index contributed by atoms with van der Waals surface area (Å²) in [4.78, 5) is 28.0. The van der Waals surface area contributed by atoms with Gasteiger partial charge in [-0.2, -0.15) is 0 Å². The molecule has 1 unspecified atom stereocenters. The second kappa shape index (κ2) is 10.8. The Morgan fingerprint density at radius 3 is 2.35 bits per heavy atom. The maximum Gasteiger partial charge on any atom is 0.300 e. The number of anilines is 1. The predicted molar refractivity (Wildman–Crippen MR) is 144 cm³/mol. The molecule has 1 fully saturated rings. The van der Waals surface area contributed by atoms with Crippen molar-refractivity contribution < 1.29 is 23.8 Å². The van der Waals surface area contributed by atoms with Crippen molar-refractivity contribution in [2.24, 2.45) is 0 Å². The van der Waals surface area contributed by atoms with Crippen molar-refractivity contribution in [1.82, 2.24) is 0 Å². The van der Waals surface area contributed by atoms with Crippen molar-refractivity contribution in [3.8, 4) is 5.75 Å². The fourth-order valence-electron chi connectivity index (χ4n) is 4.57. The van der Waals surface area contributed by atoms with Gasteiger partial charge >= 0.3 is 0 Å². The largest absolute Gasteiger partial charge is 0.507 e. The van der Waals surface area contributed by atoms with Gasteiger partial charge < -0.3 is 9.84 Å². The van der Waals surface area contributed by atoms with E-state index in [1.807, 2.05) is 52.0 Å². The zero-order valence-electron chi connectivity index (χ0n) is 21.2. The molecule has 37 heavy (non-hydrogen) atoms. The van der Waals surface area contributed by atoms with Gasteiger partial charge in [-0.3, -0.25) is 14.5 Å². The number of benzene rings is 3. The molecule has 1 saturated heterocycles. The smallest absolute Gasteiger partial charge is 0.300 e. The van der Waals surface area contributed by atoms with E-state index in [-0.39, 0.29) is 28.0 Å². The fraction of sp³-hybridized carbons (Fsp3) is 0.267. The summed E-state index contributed by atoms with van der Waals surface area (Å²) in [5.41, 5.74) is 3.19. The molecule has 4 rings (SSSR count). The van der Waals surface area contributed by atoms with E-state index in [0.29, 0.717) is 23.5 Å². The van der Waals surface area contributed by atoms with E-state index < -0.39 is 23.5 Å². The number of hydrogen-bond donors (Lipinski definition) is 1. The lowest BCUT2D eigenvalue weighted by Gasteiger charge is -2.26. The maximum atomic E-state index is 13.9. The molecule has 192 valence electrons. The molecule has 7 heteroatoms. The summed E-state index contributed by atoms with van der Waals surface area (Å²) in [7, 11) is 0. The highest BCUT2D eigenvalue weighted by Gasteiger charge is 2.47. The van der Waals surface area contributed by atoms with Gasteiger partial charge in [-0.25, -0.2) is 4.39 Å². The first-order valence-electron chi connectivity index (χ1n) is 12.3. The topological polar surface area (TPSA) is 66.8 Å². The van der Waals surface area contributed by atoms with Crippen LogP contribution in [0.25, 0.3) is 5.76 Å². The molecular weight excluding hydrogens is 493 g/mol. The molecular formula is C30H29ClFNO4. The first-order valence-corrected chi connectivity index (χ1v) is 12.7. The molecule has 1 amide bonds. The lowest BCUT2D eigenvalue weighted by molar-refractivity contribution is -0.132. The number of amides is 1. The summed E-state index contributed by atoms with van der Waals surface area (Å²) in [5, 5.41) is 11.3. The van der Waals surface area contributed by atoms with Gasteiger partial charge in [0, 0.05) is 11.3 Å². The number of ketones is 1. The fourth-order valence-corrected chi connectivity index (χ4v) is 4.75. The van der Waals surface area contributed by atoms with E-state index in [4.69, 9.17) is 16.3 Å². The van der Waals surface area contributed by atoms with E-state index in [9.17, 15) is 19.1 Å². The van der Waals surface area contributed by atoms with E-state index in [0.717, 1.165) is 23.6 Å². The number of carbonyl (C=O) groups is 2. The SMILES string of the molecule is CCOc1ccc(/C(O)=C2/C(=O)C(=O)N(c3ccc(F)c(Cl)c3)C2c2ccc(CC)cc2)cc1C(C)C. The maximum absolute atomic E-state index is 13.9. The Kier molecular flexibility index (Phi) is 7.69. The van der Waals surface area contributed by atoms with Crippen LogP contribution in [-0.4, -0.2) is 23.4 Å². The van der Waals surface area contributed by atoms with Gasteiger partial charge in [-0.05, 0) is 72.4 Å². The lowest BCUT2D eigenvalue weighted by Crippen LogP contribution is -2.29. The summed E-state index contributed by atoms with van der Waals surface area (Å²) in [6.45, 7) is 8.43. The van der Waals surface area contributed by atoms with E-state index in [1.54, 1.807) is 18.2 Å². The van der Waals surface area contributed by atoms with E-state index >= 15 is 0 Å². The average Bonchev–Trinajstić information content (AvgIpc) is 3.15. The molecule has 1 aliphatic heterocycles. The Morgan fingerprint density at radius 1 is 1.05 bits per heavy atom. The molecule has 0 spiro atoms. The minimum absolute atomic E-state index is 0.0476. The predicted octanol–water partition coefficient (Wildman–Crippen LogP) is 7.19. The molecule has 0 bridgehead atoms. The number of halogens is 2. The van der Waals surface area contributed by atoms with Gasteiger partial charge in [0.25, 0.3) is 11.7 Å². The number of nitrogens with zero attached hydrogens (tertiary/aromatic N) is 1. The van der Waals surface area contributed by atoms with Crippen LogP contribution in [0.15, 0.2) is 66.2 Å². The zero-order valence-corrected chi connectivity index (χ0v) is 22.0. The van der Waals surface area contributed by atoms with E-state index in [2.05, 4.69) is 0 Å². The molecule has 5 nitrogen and oxygen atoms in total. The molecule has 1 aliphatic rings. The number of ether oxygens (including phenoxy) is 1. The molecule has 1 heterocycles. The molecule has 3 aromatic rings. The van der Waals surface area contributed by atoms with Crippen molar-refractivity contribution in [1.29, 1.82) is 0 Å². The van der Waals surface area contributed by atoms with Crippen LogP contribution >= 0.6 is 11.6 Å². The van der Waals surface area contributed by atoms with Crippen LogP contribution in [0.4, 0.5) is 10.1 Å². The van der Waals surface area contributed by atoms with Crippen molar-refractivity contribution in [2.45, 2.75) is 46.1 Å². The van der Waals surface area contributed by atoms with Crippen LogP contribution < -0.4 is 9.64 Å². The van der Waals surface area contributed by atoms with Crippen LogP contribution in [-0.2, 0) is 16.0 Å². The highest BCUT2D eigenvalue weighted by Crippen LogP contribution is 2.43. The van der Waals surface area contributed by atoms with Gasteiger partial charge in [0.1, 0.15) is 17.3 Å². The minimum atomic E-state index is -0.929. The first-order chi connectivity index (χ1) is 17.7. The van der Waals surface area contributed by atoms with Crippen molar-refractivity contribution in [3.05, 3.63) is 99.3 Å². The number of carbonyl (C=O) groups excluding carboxylic acids is 2.